The molecule has 5 nitrogen and oxygen atoms in total. The lowest BCUT2D eigenvalue weighted by molar-refractivity contribution is 0.0946. The molecule has 27 heavy (non-hydrogen) atoms. The van der Waals surface area contributed by atoms with Crippen LogP contribution in [0.2, 0.25) is 0 Å². The molecule has 5 heteroatoms. The highest BCUT2D eigenvalue weighted by Crippen LogP contribution is 2.30. The highest BCUT2D eigenvalue weighted by Gasteiger charge is 2.14. The van der Waals surface area contributed by atoms with Gasteiger partial charge in [-0.05, 0) is 49.1 Å². The Morgan fingerprint density at radius 3 is 2.74 bits per heavy atom. The van der Waals surface area contributed by atoms with Crippen LogP contribution in [-0.2, 0) is 0 Å². The molecule has 0 aliphatic heterocycles. The molecule has 2 aromatic heterocycles. The summed E-state index contributed by atoms with van der Waals surface area (Å²) >= 11 is 0. The summed E-state index contributed by atoms with van der Waals surface area (Å²) in [7, 11) is 0. The van der Waals surface area contributed by atoms with Gasteiger partial charge in [0.2, 0.25) is 0 Å². The second-order valence-electron chi connectivity index (χ2n) is 7.13. The largest absolute Gasteiger partial charge is 0.507 e. The van der Waals surface area contributed by atoms with Gasteiger partial charge in [0.25, 0.3) is 5.91 Å². The van der Waals surface area contributed by atoms with Crippen LogP contribution in [-0.4, -0.2) is 27.5 Å². The Hall–Kier alpha value is -3.08. The van der Waals surface area contributed by atoms with Crippen LogP contribution < -0.4 is 5.32 Å². The van der Waals surface area contributed by atoms with Crippen LogP contribution in [0.3, 0.4) is 0 Å². The Balaban J connectivity index is 2.01. The number of pyridine rings is 1. The summed E-state index contributed by atoms with van der Waals surface area (Å²) in [6.45, 7) is 8.68. The van der Waals surface area contributed by atoms with Crippen LogP contribution in [0.5, 0.6) is 5.75 Å². The maximum Gasteiger partial charge on any atom is 0.255 e. The first-order valence-corrected chi connectivity index (χ1v) is 9.12. The van der Waals surface area contributed by atoms with Gasteiger partial charge >= 0.3 is 0 Å². The molecule has 1 aromatic carbocycles. The molecule has 2 heterocycles. The molecule has 0 unspecified atom stereocenters. The number of fused-ring (bicyclic) bond motifs is 1. The number of aromatic hydroxyl groups is 1. The van der Waals surface area contributed by atoms with Crippen molar-refractivity contribution in [1.29, 1.82) is 0 Å². The second kappa shape index (κ2) is 7.66. The van der Waals surface area contributed by atoms with Crippen molar-refractivity contribution < 1.29 is 9.90 Å². The fourth-order valence-electron chi connectivity index (χ4n) is 2.93. The first-order valence-electron chi connectivity index (χ1n) is 9.12. The van der Waals surface area contributed by atoms with Gasteiger partial charge in [0.05, 0.1) is 5.56 Å². The minimum absolute atomic E-state index is 0.0267. The Bertz CT molecular complexity index is 1020. The van der Waals surface area contributed by atoms with Crippen molar-refractivity contribution in [2.45, 2.75) is 27.7 Å². The maximum absolute atomic E-state index is 12.4. The van der Waals surface area contributed by atoms with Crippen molar-refractivity contribution in [3.63, 3.8) is 0 Å². The summed E-state index contributed by atoms with van der Waals surface area (Å²) in [5.74, 6) is 0.0399. The zero-order chi connectivity index (χ0) is 19.6. The third kappa shape index (κ3) is 3.87. The molecule has 0 atom stereocenters. The number of phenolic OH excluding ortho intramolecular Hbond substituents is 1. The number of hydrogen-bond donors (Lipinski definition) is 3. The van der Waals surface area contributed by atoms with E-state index in [0.29, 0.717) is 12.5 Å². The molecule has 1 amide bonds. The number of nitrogens with one attached hydrogen (secondary N) is 2. The van der Waals surface area contributed by atoms with E-state index in [1.807, 2.05) is 27.0 Å². The van der Waals surface area contributed by atoms with Gasteiger partial charge in [-0.1, -0.05) is 26.0 Å². The summed E-state index contributed by atoms with van der Waals surface area (Å²) < 4.78 is 0. The number of carbonyl (C=O) groups is 1. The van der Waals surface area contributed by atoms with E-state index in [9.17, 15) is 9.90 Å². The molecule has 0 spiro atoms. The van der Waals surface area contributed by atoms with E-state index < -0.39 is 0 Å². The first-order chi connectivity index (χ1) is 12.9. The van der Waals surface area contributed by atoms with Crippen molar-refractivity contribution in [1.82, 2.24) is 15.3 Å². The summed E-state index contributed by atoms with van der Waals surface area (Å²) in [6.07, 6.45) is 5.79. The molecule has 0 aliphatic rings. The van der Waals surface area contributed by atoms with E-state index in [0.717, 1.165) is 27.7 Å². The zero-order valence-electron chi connectivity index (χ0n) is 16.1. The smallest absolute Gasteiger partial charge is 0.255 e. The molecule has 0 bridgehead atoms. The maximum atomic E-state index is 12.4. The summed E-state index contributed by atoms with van der Waals surface area (Å²) in [5.41, 5.74) is 5.10. The molecule has 0 radical (unpaired) electrons. The topological polar surface area (TPSA) is 78.0 Å². The molecule has 0 aliphatic carbocycles. The van der Waals surface area contributed by atoms with Crippen LogP contribution >= 0.6 is 0 Å². The summed E-state index contributed by atoms with van der Waals surface area (Å²) in [6, 6.07) is 7.12. The van der Waals surface area contributed by atoms with Crippen LogP contribution in [0.15, 0.2) is 42.7 Å². The standard InChI is InChI=1S/C22H25N3O2/c1-5-14(4)19-12-24-21-17(19)9-16(11-23-21)15-6-7-20(26)18(8-15)22(27)25-10-13(2)3/h5-9,11-13,26H,10H2,1-4H3,(H,23,24)(H,25,27)/b14-5+. The fourth-order valence-corrected chi connectivity index (χ4v) is 2.93. The van der Waals surface area contributed by atoms with Crippen molar-refractivity contribution in [2.75, 3.05) is 6.54 Å². The number of hydrogen-bond acceptors (Lipinski definition) is 3. The van der Waals surface area contributed by atoms with Gasteiger partial charge in [0.1, 0.15) is 11.4 Å². The van der Waals surface area contributed by atoms with Crippen LogP contribution in [0.25, 0.3) is 27.7 Å². The first kappa shape index (κ1) is 18.7. The Kier molecular flexibility index (Phi) is 5.31. The van der Waals surface area contributed by atoms with Gasteiger partial charge in [-0.2, -0.15) is 0 Å². The molecule has 3 aromatic rings. The van der Waals surface area contributed by atoms with Crippen molar-refractivity contribution in [3.8, 4) is 16.9 Å². The van der Waals surface area contributed by atoms with Crippen LogP contribution in [0, 0.1) is 5.92 Å². The van der Waals surface area contributed by atoms with Gasteiger partial charge < -0.3 is 15.4 Å². The lowest BCUT2D eigenvalue weighted by Crippen LogP contribution is -2.27. The van der Waals surface area contributed by atoms with E-state index >= 15 is 0 Å². The molecule has 0 saturated carbocycles. The number of amides is 1. The number of phenols is 1. The number of H-pyrrole nitrogens is 1. The van der Waals surface area contributed by atoms with Crippen LogP contribution in [0.4, 0.5) is 0 Å². The number of benzene rings is 1. The van der Waals surface area contributed by atoms with Crippen molar-refractivity contribution >= 4 is 22.5 Å². The lowest BCUT2D eigenvalue weighted by Gasteiger charge is -2.11. The monoisotopic (exact) mass is 363 g/mol. The van der Waals surface area contributed by atoms with Crippen molar-refractivity contribution in [2.24, 2.45) is 5.92 Å². The average Bonchev–Trinajstić information content (AvgIpc) is 3.09. The summed E-state index contributed by atoms with van der Waals surface area (Å²) in [4.78, 5) is 20.1. The second-order valence-corrected chi connectivity index (χ2v) is 7.13. The SMILES string of the molecule is C/C=C(\C)c1c[nH]c2ncc(-c3ccc(O)c(C(=O)NCC(C)C)c3)cc12. The van der Waals surface area contributed by atoms with E-state index in [4.69, 9.17) is 0 Å². The predicted octanol–water partition coefficient (Wildman–Crippen LogP) is 4.74. The Labute approximate surface area is 159 Å². The third-order valence-electron chi connectivity index (χ3n) is 4.63. The number of carbonyl (C=O) groups excluding carboxylic acids is 1. The lowest BCUT2D eigenvalue weighted by atomic mass is 10.0. The van der Waals surface area contributed by atoms with E-state index in [1.165, 1.54) is 5.57 Å². The van der Waals surface area contributed by atoms with Gasteiger partial charge in [0, 0.05) is 35.5 Å². The molecule has 0 saturated heterocycles. The van der Waals surface area contributed by atoms with Crippen LogP contribution in [0.1, 0.15) is 43.6 Å². The fraction of sp³-hybridized carbons (Fsp3) is 0.273. The third-order valence-corrected chi connectivity index (χ3v) is 4.63. The van der Waals surface area contributed by atoms with E-state index in [2.05, 4.69) is 34.4 Å². The number of nitrogens with zero attached hydrogens (tertiary/aromatic N) is 1. The molecule has 0 fully saturated rings. The highest BCUT2D eigenvalue weighted by atomic mass is 16.3. The normalized spacial score (nSPS) is 12.0. The molecule has 140 valence electrons. The number of aromatic nitrogens is 2. The minimum Gasteiger partial charge on any atom is -0.507 e. The van der Waals surface area contributed by atoms with Gasteiger partial charge in [-0.3, -0.25) is 4.79 Å². The van der Waals surface area contributed by atoms with Gasteiger partial charge in [-0.25, -0.2) is 4.98 Å². The molecular weight excluding hydrogens is 338 g/mol. The average molecular weight is 363 g/mol. The molecule has 3 rings (SSSR count). The Morgan fingerprint density at radius 2 is 2.04 bits per heavy atom. The highest BCUT2D eigenvalue weighted by molar-refractivity contribution is 5.98. The number of allylic oxidation sites excluding steroid dienone is 2. The Morgan fingerprint density at radius 1 is 1.26 bits per heavy atom. The van der Waals surface area contributed by atoms with Gasteiger partial charge in [0.15, 0.2) is 0 Å². The number of aromatic amines is 1. The quantitative estimate of drug-likeness (QED) is 0.612. The molecule has 3 N–H and O–H groups in total. The minimum atomic E-state index is -0.274. The number of rotatable bonds is 5. The van der Waals surface area contributed by atoms with E-state index in [1.54, 1.807) is 24.4 Å². The summed E-state index contributed by atoms with van der Waals surface area (Å²) in [5, 5.41) is 14.0. The van der Waals surface area contributed by atoms with E-state index in [-0.39, 0.29) is 17.2 Å². The predicted molar refractivity (Wildman–Crippen MR) is 110 cm³/mol. The molecular formula is C22H25N3O2. The van der Waals surface area contributed by atoms with Gasteiger partial charge in [-0.15, -0.1) is 0 Å². The zero-order valence-corrected chi connectivity index (χ0v) is 16.1. The van der Waals surface area contributed by atoms with Crippen molar-refractivity contribution in [3.05, 3.63) is 53.9 Å².